The first kappa shape index (κ1) is 14.1. The molecule has 1 aromatic heterocycles. The van der Waals surface area contributed by atoms with Gasteiger partial charge in [0.05, 0.1) is 12.6 Å². The van der Waals surface area contributed by atoms with E-state index in [2.05, 4.69) is 4.98 Å². The lowest BCUT2D eigenvalue weighted by molar-refractivity contribution is -0.389. The van der Waals surface area contributed by atoms with Crippen molar-refractivity contribution in [3.63, 3.8) is 0 Å². The SMILES string of the molecule is Cc1nc([N+](=O)[O-])cn1CC(=O)N(C)C(C)CO. The molecule has 0 fully saturated rings. The van der Waals surface area contributed by atoms with Crippen molar-refractivity contribution >= 4 is 11.7 Å². The number of aliphatic hydroxyl groups excluding tert-OH is 1. The molecule has 100 valence electrons. The number of nitrogens with zero attached hydrogens (tertiary/aromatic N) is 4. The first-order valence-corrected chi connectivity index (χ1v) is 5.41. The summed E-state index contributed by atoms with van der Waals surface area (Å²) in [4.78, 5) is 26.9. The molecule has 8 heteroatoms. The van der Waals surface area contributed by atoms with Gasteiger partial charge >= 0.3 is 5.82 Å². The van der Waals surface area contributed by atoms with Crippen molar-refractivity contribution in [1.29, 1.82) is 0 Å². The Morgan fingerprint density at radius 1 is 1.72 bits per heavy atom. The maximum absolute atomic E-state index is 11.8. The number of hydrogen-bond donors (Lipinski definition) is 1. The first-order valence-electron chi connectivity index (χ1n) is 5.41. The van der Waals surface area contributed by atoms with Gasteiger partial charge in [0.15, 0.2) is 0 Å². The van der Waals surface area contributed by atoms with E-state index in [0.717, 1.165) is 0 Å². The van der Waals surface area contributed by atoms with Gasteiger partial charge in [0.1, 0.15) is 12.7 Å². The lowest BCUT2D eigenvalue weighted by Crippen LogP contribution is -2.39. The molecule has 18 heavy (non-hydrogen) atoms. The van der Waals surface area contributed by atoms with E-state index >= 15 is 0 Å². The molecule has 8 nitrogen and oxygen atoms in total. The van der Waals surface area contributed by atoms with Crippen LogP contribution in [0.1, 0.15) is 12.7 Å². The van der Waals surface area contributed by atoms with Gasteiger partial charge in [-0.15, -0.1) is 0 Å². The summed E-state index contributed by atoms with van der Waals surface area (Å²) in [5, 5.41) is 19.5. The van der Waals surface area contributed by atoms with Crippen molar-refractivity contribution in [3.05, 3.63) is 22.1 Å². The van der Waals surface area contributed by atoms with E-state index in [1.807, 2.05) is 0 Å². The number of likely N-dealkylation sites (N-methyl/N-ethyl adjacent to an activating group) is 1. The normalized spacial score (nSPS) is 12.2. The fraction of sp³-hybridized carbons (Fsp3) is 0.600. The van der Waals surface area contributed by atoms with E-state index in [1.165, 1.54) is 15.7 Å². The van der Waals surface area contributed by atoms with Crippen molar-refractivity contribution in [1.82, 2.24) is 14.5 Å². The molecule has 1 rings (SSSR count). The summed E-state index contributed by atoms with van der Waals surface area (Å²) in [6.45, 7) is 3.13. The van der Waals surface area contributed by atoms with E-state index < -0.39 is 4.92 Å². The van der Waals surface area contributed by atoms with Gasteiger partial charge in [-0.2, -0.15) is 0 Å². The van der Waals surface area contributed by atoms with Crippen LogP contribution in [0.25, 0.3) is 0 Å². The number of amides is 1. The zero-order valence-electron chi connectivity index (χ0n) is 10.5. The van der Waals surface area contributed by atoms with Crippen molar-refractivity contribution < 1.29 is 14.8 Å². The second-order valence-corrected chi connectivity index (χ2v) is 4.07. The monoisotopic (exact) mass is 256 g/mol. The fourth-order valence-electron chi connectivity index (χ4n) is 1.37. The van der Waals surface area contributed by atoms with Crippen molar-refractivity contribution in [3.8, 4) is 0 Å². The minimum Gasteiger partial charge on any atom is -0.394 e. The van der Waals surface area contributed by atoms with Gasteiger partial charge in [-0.25, -0.2) is 0 Å². The van der Waals surface area contributed by atoms with Crippen LogP contribution >= 0.6 is 0 Å². The Labute approximate surface area is 104 Å². The molecule has 1 aromatic rings. The van der Waals surface area contributed by atoms with Gasteiger partial charge in [-0.05, 0) is 16.8 Å². The predicted octanol–water partition coefficient (Wildman–Crippen LogP) is -0.0611. The number of aryl methyl sites for hydroxylation is 1. The third-order valence-electron chi connectivity index (χ3n) is 2.77. The van der Waals surface area contributed by atoms with Crippen LogP contribution in [0.5, 0.6) is 0 Å². The summed E-state index contributed by atoms with van der Waals surface area (Å²) in [6.07, 6.45) is 1.23. The number of carbonyl (C=O) groups excluding carboxylic acids is 1. The molecule has 0 saturated carbocycles. The molecule has 0 aliphatic carbocycles. The van der Waals surface area contributed by atoms with E-state index in [1.54, 1.807) is 20.9 Å². The molecule has 0 aromatic carbocycles. The lowest BCUT2D eigenvalue weighted by atomic mass is 10.3. The molecule has 0 spiro atoms. The summed E-state index contributed by atoms with van der Waals surface area (Å²) in [5.74, 6) is -0.120. The molecule has 1 N–H and O–H groups in total. The second-order valence-electron chi connectivity index (χ2n) is 4.07. The summed E-state index contributed by atoms with van der Waals surface area (Å²) < 4.78 is 1.42. The van der Waals surface area contributed by atoms with Crippen molar-refractivity contribution in [2.45, 2.75) is 26.4 Å². The van der Waals surface area contributed by atoms with Crippen molar-refractivity contribution in [2.75, 3.05) is 13.7 Å². The van der Waals surface area contributed by atoms with Gasteiger partial charge < -0.3 is 20.1 Å². The molecule has 0 aliphatic rings. The molecule has 1 unspecified atom stereocenters. The highest BCUT2D eigenvalue weighted by Gasteiger charge is 2.20. The van der Waals surface area contributed by atoms with E-state index in [9.17, 15) is 14.9 Å². The molecule has 1 atom stereocenters. The number of aliphatic hydroxyl groups is 1. The molecule has 1 amide bonds. The third-order valence-corrected chi connectivity index (χ3v) is 2.77. The van der Waals surface area contributed by atoms with Crippen LogP contribution in [0, 0.1) is 17.0 Å². The maximum atomic E-state index is 11.8. The third kappa shape index (κ3) is 3.04. The van der Waals surface area contributed by atoms with Crippen LogP contribution in [0.15, 0.2) is 6.20 Å². The second kappa shape index (κ2) is 5.58. The number of rotatable bonds is 5. The Bertz CT molecular complexity index is 457. The Balaban J connectivity index is 2.79. The summed E-state index contributed by atoms with van der Waals surface area (Å²) in [7, 11) is 1.57. The molecule has 1 heterocycles. The highest BCUT2D eigenvalue weighted by Crippen LogP contribution is 2.10. The smallest absolute Gasteiger partial charge is 0.381 e. The molecule has 0 saturated heterocycles. The fourth-order valence-corrected chi connectivity index (χ4v) is 1.37. The Hall–Kier alpha value is -1.96. The van der Waals surface area contributed by atoms with Crippen LogP contribution < -0.4 is 0 Å². The average molecular weight is 256 g/mol. The van der Waals surface area contributed by atoms with E-state index in [0.29, 0.717) is 5.82 Å². The first-order chi connectivity index (χ1) is 8.36. The van der Waals surface area contributed by atoms with Crippen LogP contribution in [-0.2, 0) is 11.3 Å². The number of imidazole rings is 1. The van der Waals surface area contributed by atoms with Gasteiger partial charge in [0.25, 0.3) is 0 Å². The van der Waals surface area contributed by atoms with Gasteiger partial charge in [0.2, 0.25) is 11.7 Å². The topological polar surface area (TPSA) is 102 Å². The zero-order valence-corrected chi connectivity index (χ0v) is 10.5. The minimum absolute atomic E-state index is 0.0342. The van der Waals surface area contributed by atoms with Crippen LogP contribution in [0.3, 0.4) is 0 Å². The molecule has 0 radical (unpaired) electrons. The molecule has 0 aliphatic heterocycles. The standard InChI is InChI=1S/C10H16N4O4/c1-7(6-15)12(3)10(16)5-13-4-9(14(17)18)11-8(13)2/h4,7,15H,5-6H2,1-3H3. The molecule has 0 bridgehead atoms. The largest absolute Gasteiger partial charge is 0.394 e. The van der Waals surface area contributed by atoms with Gasteiger partial charge in [-0.3, -0.25) is 9.36 Å². The predicted molar refractivity (Wildman–Crippen MR) is 62.9 cm³/mol. The van der Waals surface area contributed by atoms with Gasteiger partial charge in [0, 0.05) is 14.0 Å². The quantitative estimate of drug-likeness (QED) is 0.587. The van der Waals surface area contributed by atoms with Crippen LogP contribution in [0.2, 0.25) is 0 Å². The highest BCUT2D eigenvalue weighted by molar-refractivity contribution is 5.76. The van der Waals surface area contributed by atoms with Crippen LogP contribution in [-0.4, -0.2) is 50.1 Å². The Morgan fingerprint density at radius 3 is 2.78 bits per heavy atom. The lowest BCUT2D eigenvalue weighted by Gasteiger charge is -2.23. The van der Waals surface area contributed by atoms with E-state index in [-0.39, 0.29) is 30.9 Å². The highest BCUT2D eigenvalue weighted by atomic mass is 16.6. The van der Waals surface area contributed by atoms with Crippen molar-refractivity contribution in [2.24, 2.45) is 0 Å². The Kier molecular flexibility index (Phi) is 4.38. The summed E-state index contributed by atoms with van der Waals surface area (Å²) >= 11 is 0. The Morgan fingerprint density at radius 2 is 2.33 bits per heavy atom. The molecular weight excluding hydrogens is 240 g/mol. The number of carbonyl (C=O) groups is 1. The molecular formula is C10H16N4O4. The number of hydrogen-bond acceptors (Lipinski definition) is 5. The van der Waals surface area contributed by atoms with Crippen LogP contribution in [0.4, 0.5) is 5.82 Å². The number of aromatic nitrogens is 2. The minimum atomic E-state index is -0.603. The number of nitro groups is 1. The maximum Gasteiger partial charge on any atom is 0.381 e. The van der Waals surface area contributed by atoms with E-state index in [4.69, 9.17) is 5.11 Å². The summed E-state index contributed by atoms with van der Waals surface area (Å²) in [5.41, 5.74) is 0. The average Bonchev–Trinajstić information content (AvgIpc) is 2.69. The summed E-state index contributed by atoms with van der Waals surface area (Å²) in [6, 6.07) is -0.295. The van der Waals surface area contributed by atoms with Gasteiger partial charge in [-0.1, -0.05) is 0 Å². The zero-order chi connectivity index (χ0) is 13.9.